The number of furan rings is 1. The number of rotatable bonds is 1. The number of aromatic hydroxyl groups is 1. The molecule has 2 aromatic rings. The van der Waals surface area contributed by atoms with Gasteiger partial charge < -0.3 is 20.4 Å². The zero-order valence-corrected chi connectivity index (χ0v) is 7.02. The van der Waals surface area contributed by atoms with Gasteiger partial charge in [-0.3, -0.25) is 0 Å². The van der Waals surface area contributed by atoms with Crippen LogP contribution >= 0.6 is 0 Å². The van der Waals surface area contributed by atoms with E-state index < -0.39 is 5.97 Å². The lowest BCUT2D eigenvalue weighted by Gasteiger charge is -1.90. The second-order valence-electron chi connectivity index (χ2n) is 2.80. The SMILES string of the molecule is Nc1c(C(=O)O)oc2c(O)cccc12. The summed E-state index contributed by atoms with van der Waals surface area (Å²) in [7, 11) is 0. The Balaban J connectivity index is 2.86. The summed E-state index contributed by atoms with van der Waals surface area (Å²) in [5.74, 6) is -1.72. The highest BCUT2D eigenvalue weighted by Crippen LogP contribution is 2.33. The van der Waals surface area contributed by atoms with Gasteiger partial charge in [-0.15, -0.1) is 0 Å². The van der Waals surface area contributed by atoms with E-state index in [9.17, 15) is 9.90 Å². The first-order chi connectivity index (χ1) is 6.61. The predicted octanol–water partition coefficient (Wildman–Crippen LogP) is 1.42. The minimum Gasteiger partial charge on any atom is -0.504 e. The molecule has 0 fully saturated rings. The van der Waals surface area contributed by atoms with Crippen molar-refractivity contribution in [3.8, 4) is 5.75 Å². The molecule has 5 nitrogen and oxygen atoms in total. The van der Waals surface area contributed by atoms with Crippen LogP contribution in [-0.4, -0.2) is 16.2 Å². The first kappa shape index (κ1) is 8.43. The maximum absolute atomic E-state index is 10.6. The number of nitrogens with two attached hydrogens (primary N) is 1. The van der Waals surface area contributed by atoms with E-state index in [0.717, 1.165) is 0 Å². The number of anilines is 1. The quantitative estimate of drug-likeness (QED) is 0.636. The standard InChI is InChI=1S/C9H7NO4/c10-6-4-2-1-3-5(11)7(4)14-8(6)9(12)13/h1-3,11H,10H2,(H,12,13). The third-order valence-corrected chi connectivity index (χ3v) is 1.93. The van der Waals surface area contributed by atoms with Crippen molar-refractivity contribution in [2.45, 2.75) is 0 Å². The molecule has 0 radical (unpaired) electrons. The number of fused-ring (bicyclic) bond motifs is 1. The van der Waals surface area contributed by atoms with Crippen LogP contribution < -0.4 is 5.73 Å². The Hall–Kier alpha value is -2.17. The number of hydrogen-bond acceptors (Lipinski definition) is 4. The number of hydrogen-bond donors (Lipinski definition) is 3. The molecule has 4 N–H and O–H groups in total. The summed E-state index contributed by atoms with van der Waals surface area (Å²) in [6.45, 7) is 0. The smallest absolute Gasteiger partial charge is 0.374 e. The molecule has 0 atom stereocenters. The molecular formula is C9H7NO4. The van der Waals surface area contributed by atoms with Gasteiger partial charge in [-0.05, 0) is 12.1 Å². The lowest BCUT2D eigenvalue weighted by atomic mass is 10.2. The molecule has 1 aromatic heterocycles. The highest BCUT2D eigenvalue weighted by molar-refractivity contribution is 6.03. The molecule has 1 heterocycles. The summed E-state index contributed by atoms with van der Waals surface area (Å²) in [4.78, 5) is 10.6. The van der Waals surface area contributed by atoms with Gasteiger partial charge >= 0.3 is 5.97 Å². The average molecular weight is 193 g/mol. The van der Waals surface area contributed by atoms with Crippen LogP contribution in [0, 0.1) is 0 Å². The minimum atomic E-state index is -1.25. The number of carboxylic acid groups (broad SMARTS) is 1. The van der Waals surface area contributed by atoms with Crippen molar-refractivity contribution in [2.24, 2.45) is 0 Å². The number of nitrogen functional groups attached to an aromatic ring is 1. The van der Waals surface area contributed by atoms with Crippen LogP contribution in [0.4, 0.5) is 5.69 Å². The molecule has 1 aromatic carbocycles. The van der Waals surface area contributed by atoms with Crippen LogP contribution in [0.1, 0.15) is 10.6 Å². The van der Waals surface area contributed by atoms with E-state index in [2.05, 4.69) is 0 Å². The van der Waals surface area contributed by atoms with Gasteiger partial charge in [-0.25, -0.2) is 4.79 Å². The number of carbonyl (C=O) groups is 1. The fourth-order valence-electron chi connectivity index (χ4n) is 1.28. The topological polar surface area (TPSA) is 96.7 Å². The average Bonchev–Trinajstić information content (AvgIpc) is 2.46. The Kier molecular flexibility index (Phi) is 1.60. The molecule has 0 spiro atoms. The lowest BCUT2D eigenvalue weighted by molar-refractivity contribution is 0.0666. The molecule has 0 aliphatic carbocycles. The zero-order chi connectivity index (χ0) is 10.3. The predicted molar refractivity (Wildman–Crippen MR) is 49.3 cm³/mol. The van der Waals surface area contributed by atoms with Crippen molar-refractivity contribution < 1.29 is 19.4 Å². The number of aromatic carboxylic acids is 1. The summed E-state index contributed by atoms with van der Waals surface area (Å²) in [6, 6.07) is 4.55. The molecule has 0 saturated carbocycles. The lowest BCUT2D eigenvalue weighted by Crippen LogP contribution is -1.98. The van der Waals surface area contributed by atoms with Crippen LogP contribution in [-0.2, 0) is 0 Å². The van der Waals surface area contributed by atoms with E-state index >= 15 is 0 Å². The fraction of sp³-hybridized carbons (Fsp3) is 0. The van der Waals surface area contributed by atoms with Crippen LogP contribution in [0.2, 0.25) is 0 Å². The molecule has 0 unspecified atom stereocenters. The normalized spacial score (nSPS) is 10.6. The number of phenolic OH excluding ortho intramolecular Hbond substituents is 1. The van der Waals surface area contributed by atoms with E-state index in [1.165, 1.54) is 6.07 Å². The summed E-state index contributed by atoms with van der Waals surface area (Å²) in [5.41, 5.74) is 5.65. The van der Waals surface area contributed by atoms with E-state index in [1.54, 1.807) is 12.1 Å². The van der Waals surface area contributed by atoms with Crippen molar-refractivity contribution in [1.29, 1.82) is 0 Å². The summed E-state index contributed by atoms with van der Waals surface area (Å²) in [6.07, 6.45) is 0. The van der Waals surface area contributed by atoms with Crippen molar-refractivity contribution in [1.82, 2.24) is 0 Å². The first-order valence-electron chi connectivity index (χ1n) is 3.84. The van der Waals surface area contributed by atoms with E-state index in [0.29, 0.717) is 5.39 Å². The number of phenols is 1. The summed E-state index contributed by atoms with van der Waals surface area (Å²) >= 11 is 0. The molecule has 0 saturated heterocycles. The molecule has 72 valence electrons. The maximum atomic E-state index is 10.6. The van der Waals surface area contributed by atoms with Gasteiger partial charge in [0.1, 0.15) is 0 Å². The third kappa shape index (κ3) is 0.990. The van der Waals surface area contributed by atoms with Crippen molar-refractivity contribution in [3.63, 3.8) is 0 Å². The van der Waals surface area contributed by atoms with Gasteiger partial charge in [0.05, 0.1) is 5.69 Å². The molecule has 14 heavy (non-hydrogen) atoms. The van der Waals surface area contributed by atoms with Gasteiger partial charge in [0.25, 0.3) is 0 Å². The van der Waals surface area contributed by atoms with E-state index in [-0.39, 0.29) is 22.8 Å². The Bertz CT molecular complexity index is 515. The number of carboxylic acids is 1. The highest BCUT2D eigenvalue weighted by Gasteiger charge is 2.18. The second kappa shape index (κ2) is 2.66. The molecule has 0 aliphatic rings. The Labute approximate surface area is 78.4 Å². The molecule has 0 bridgehead atoms. The van der Waals surface area contributed by atoms with Crippen LogP contribution in [0.25, 0.3) is 11.0 Å². The highest BCUT2D eigenvalue weighted by atomic mass is 16.4. The largest absolute Gasteiger partial charge is 0.504 e. The fourth-order valence-corrected chi connectivity index (χ4v) is 1.28. The third-order valence-electron chi connectivity index (χ3n) is 1.93. The summed E-state index contributed by atoms with van der Waals surface area (Å²) < 4.78 is 4.92. The molecule has 0 aliphatic heterocycles. The monoisotopic (exact) mass is 193 g/mol. The Morgan fingerprint density at radius 1 is 1.43 bits per heavy atom. The molecule has 2 rings (SSSR count). The van der Waals surface area contributed by atoms with Crippen LogP contribution in [0.3, 0.4) is 0 Å². The van der Waals surface area contributed by atoms with Gasteiger partial charge in [0.2, 0.25) is 5.76 Å². The zero-order valence-electron chi connectivity index (χ0n) is 7.02. The molecular weight excluding hydrogens is 186 g/mol. The van der Waals surface area contributed by atoms with Crippen molar-refractivity contribution in [3.05, 3.63) is 24.0 Å². The maximum Gasteiger partial charge on any atom is 0.374 e. The Morgan fingerprint density at radius 3 is 2.71 bits per heavy atom. The van der Waals surface area contributed by atoms with Crippen molar-refractivity contribution in [2.75, 3.05) is 5.73 Å². The van der Waals surface area contributed by atoms with E-state index in [1.807, 2.05) is 0 Å². The van der Waals surface area contributed by atoms with Gasteiger partial charge in [0, 0.05) is 5.39 Å². The molecule has 0 amide bonds. The molecule has 5 heteroatoms. The van der Waals surface area contributed by atoms with Gasteiger partial charge in [-0.1, -0.05) is 6.07 Å². The van der Waals surface area contributed by atoms with Crippen LogP contribution in [0.15, 0.2) is 22.6 Å². The van der Waals surface area contributed by atoms with E-state index in [4.69, 9.17) is 15.3 Å². The minimum absolute atomic E-state index is 0.0309. The van der Waals surface area contributed by atoms with Crippen molar-refractivity contribution >= 4 is 22.6 Å². The number of para-hydroxylation sites is 1. The summed E-state index contributed by atoms with van der Waals surface area (Å²) in [5, 5.41) is 18.5. The number of benzene rings is 1. The first-order valence-corrected chi connectivity index (χ1v) is 3.84. The second-order valence-corrected chi connectivity index (χ2v) is 2.80. The Morgan fingerprint density at radius 2 is 2.14 bits per heavy atom. The van der Waals surface area contributed by atoms with Crippen LogP contribution in [0.5, 0.6) is 5.75 Å². The van der Waals surface area contributed by atoms with Gasteiger partial charge in [-0.2, -0.15) is 0 Å². The van der Waals surface area contributed by atoms with Gasteiger partial charge in [0.15, 0.2) is 11.3 Å².